The van der Waals surface area contributed by atoms with Gasteiger partial charge in [0.05, 0.1) is 6.10 Å². The van der Waals surface area contributed by atoms with Gasteiger partial charge in [-0.25, -0.2) is 0 Å². The van der Waals surface area contributed by atoms with Crippen molar-refractivity contribution >= 4 is 22.4 Å². The molecule has 0 saturated carbocycles. The van der Waals surface area contributed by atoms with Crippen LogP contribution in [0.1, 0.15) is 44.1 Å². The Morgan fingerprint density at radius 2 is 2.08 bits per heavy atom. The second kappa shape index (κ2) is 7.04. The Balaban J connectivity index is 2.01. The van der Waals surface area contributed by atoms with Crippen molar-refractivity contribution in [2.24, 2.45) is 11.8 Å². The molecule has 1 heterocycles. The summed E-state index contributed by atoms with van der Waals surface area (Å²) in [6, 6.07) is 8.37. The van der Waals surface area contributed by atoms with E-state index in [0.717, 1.165) is 36.2 Å². The molecule has 1 aromatic carbocycles. The Morgan fingerprint density at radius 3 is 2.72 bits per heavy atom. The van der Waals surface area contributed by atoms with Crippen molar-refractivity contribution < 1.29 is 9.53 Å². The fourth-order valence-corrected chi connectivity index (χ4v) is 4.25. The lowest BCUT2D eigenvalue weighted by molar-refractivity contribution is -0.127. The summed E-state index contributed by atoms with van der Waals surface area (Å²) in [6.07, 6.45) is 1.97. The van der Waals surface area contributed by atoms with Gasteiger partial charge in [0.15, 0.2) is 0 Å². The number of carbonyl (C=O) groups is 1. The number of rotatable bonds is 5. The van der Waals surface area contributed by atoms with Crippen LogP contribution in [-0.2, 0) is 9.53 Å². The Bertz CT molecular complexity index is 792. The second-order valence-electron chi connectivity index (χ2n) is 7.05. The third-order valence-electron chi connectivity index (χ3n) is 5.74. The van der Waals surface area contributed by atoms with Gasteiger partial charge in [0, 0.05) is 49.8 Å². The van der Waals surface area contributed by atoms with E-state index in [1.165, 1.54) is 10.9 Å². The monoisotopic (exact) mass is 340 g/mol. The summed E-state index contributed by atoms with van der Waals surface area (Å²) >= 11 is 0. The Labute approximate surface area is 149 Å². The van der Waals surface area contributed by atoms with Gasteiger partial charge in [-0.3, -0.25) is 4.79 Å². The Kier molecular flexibility index (Phi) is 5.00. The van der Waals surface area contributed by atoms with E-state index < -0.39 is 0 Å². The number of fused-ring (bicyclic) bond motifs is 3. The Hall–Kier alpha value is -2.07. The maximum Gasteiger partial charge on any atom is 0.219 e. The first-order valence-corrected chi connectivity index (χ1v) is 9.03. The lowest BCUT2D eigenvalue weighted by Gasteiger charge is -2.39. The SMILES string of the molecule is C=C1c2[nH]c3ccccc3c2C(OC)C(CC)C1CCN(C)C(C)=O. The molecular weight excluding hydrogens is 312 g/mol. The topological polar surface area (TPSA) is 45.3 Å². The van der Waals surface area contributed by atoms with Crippen LogP contribution in [0.15, 0.2) is 30.8 Å². The number of H-pyrrole nitrogens is 1. The molecule has 1 aliphatic rings. The molecule has 0 spiro atoms. The smallest absolute Gasteiger partial charge is 0.219 e. The molecule has 0 saturated heterocycles. The molecule has 3 unspecified atom stereocenters. The van der Waals surface area contributed by atoms with Gasteiger partial charge >= 0.3 is 0 Å². The van der Waals surface area contributed by atoms with Crippen LogP contribution in [0.5, 0.6) is 0 Å². The highest BCUT2D eigenvalue weighted by Gasteiger charge is 2.40. The number of aromatic amines is 1. The number of hydrogen-bond acceptors (Lipinski definition) is 2. The average molecular weight is 340 g/mol. The average Bonchev–Trinajstić information content (AvgIpc) is 3.00. The van der Waals surface area contributed by atoms with Gasteiger partial charge in [0.1, 0.15) is 0 Å². The van der Waals surface area contributed by atoms with E-state index in [0.29, 0.717) is 11.8 Å². The minimum atomic E-state index is 0.0503. The predicted molar refractivity (Wildman–Crippen MR) is 102 cm³/mol. The number of benzene rings is 1. The van der Waals surface area contributed by atoms with Crippen molar-refractivity contribution in [2.75, 3.05) is 20.7 Å². The lowest BCUT2D eigenvalue weighted by atomic mass is 9.70. The normalized spacial score (nSPS) is 22.9. The molecule has 0 fully saturated rings. The first kappa shape index (κ1) is 17.7. The summed E-state index contributed by atoms with van der Waals surface area (Å²) in [6.45, 7) is 8.99. The number of aromatic nitrogens is 1. The summed E-state index contributed by atoms with van der Waals surface area (Å²) in [5.41, 5.74) is 4.63. The fraction of sp³-hybridized carbons (Fsp3) is 0.476. The maximum absolute atomic E-state index is 11.6. The van der Waals surface area contributed by atoms with Crippen LogP contribution < -0.4 is 0 Å². The molecule has 1 N–H and O–H groups in total. The quantitative estimate of drug-likeness (QED) is 0.877. The molecule has 134 valence electrons. The minimum Gasteiger partial charge on any atom is -0.376 e. The zero-order valence-corrected chi connectivity index (χ0v) is 15.6. The second-order valence-corrected chi connectivity index (χ2v) is 7.05. The molecule has 0 aliphatic heterocycles. The summed E-state index contributed by atoms with van der Waals surface area (Å²) < 4.78 is 5.98. The van der Waals surface area contributed by atoms with Crippen molar-refractivity contribution in [1.82, 2.24) is 9.88 Å². The van der Waals surface area contributed by atoms with Crippen LogP contribution in [0.3, 0.4) is 0 Å². The standard InChI is InChI=1S/C21H28N2O2/c1-6-15-16(11-12-23(4)14(3)24)13(2)20-19(21(15)25-5)17-9-7-8-10-18(17)22-20/h7-10,15-16,21-22H,2,6,11-12H2,1,3-5H3. The van der Waals surface area contributed by atoms with Crippen molar-refractivity contribution in [2.45, 2.75) is 32.8 Å². The molecule has 1 amide bonds. The number of para-hydroxylation sites is 1. The molecule has 0 radical (unpaired) electrons. The van der Waals surface area contributed by atoms with Crippen LogP contribution >= 0.6 is 0 Å². The first-order chi connectivity index (χ1) is 12.0. The first-order valence-electron chi connectivity index (χ1n) is 9.03. The molecule has 3 atom stereocenters. The molecule has 1 aromatic heterocycles. The summed E-state index contributed by atoms with van der Waals surface area (Å²) in [5.74, 6) is 0.769. The summed E-state index contributed by atoms with van der Waals surface area (Å²) in [4.78, 5) is 16.9. The number of allylic oxidation sites excluding steroid dienone is 1. The minimum absolute atomic E-state index is 0.0503. The highest BCUT2D eigenvalue weighted by molar-refractivity contribution is 5.90. The number of ether oxygens (including phenoxy) is 1. The van der Waals surface area contributed by atoms with Gasteiger partial charge in [-0.1, -0.05) is 31.7 Å². The number of nitrogens with one attached hydrogen (secondary N) is 1. The van der Waals surface area contributed by atoms with Gasteiger partial charge in [-0.2, -0.15) is 0 Å². The zero-order chi connectivity index (χ0) is 18.1. The van der Waals surface area contributed by atoms with E-state index in [4.69, 9.17) is 4.74 Å². The van der Waals surface area contributed by atoms with Crippen molar-refractivity contribution in [3.63, 3.8) is 0 Å². The summed E-state index contributed by atoms with van der Waals surface area (Å²) in [5, 5.41) is 1.23. The summed E-state index contributed by atoms with van der Waals surface area (Å²) in [7, 11) is 3.66. The molecule has 25 heavy (non-hydrogen) atoms. The molecule has 0 bridgehead atoms. The van der Waals surface area contributed by atoms with Crippen LogP contribution in [0, 0.1) is 11.8 Å². The number of amides is 1. The lowest BCUT2D eigenvalue weighted by Crippen LogP contribution is -2.33. The highest BCUT2D eigenvalue weighted by atomic mass is 16.5. The van der Waals surface area contributed by atoms with Gasteiger partial charge in [-0.15, -0.1) is 0 Å². The third kappa shape index (κ3) is 2.99. The highest BCUT2D eigenvalue weighted by Crippen LogP contribution is 2.50. The largest absolute Gasteiger partial charge is 0.376 e. The van der Waals surface area contributed by atoms with Gasteiger partial charge in [0.2, 0.25) is 5.91 Å². The molecular formula is C21H28N2O2. The predicted octanol–water partition coefficient (Wildman–Crippen LogP) is 4.39. The molecule has 3 rings (SSSR count). The molecule has 1 aliphatic carbocycles. The van der Waals surface area contributed by atoms with Crippen molar-refractivity contribution in [3.05, 3.63) is 42.1 Å². The third-order valence-corrected chi connectivity index (χ3v) is 5.74. The van der Waals surface area contributed by atoms with Crippen molar-refractivity contribution in [1.29, 1.82) is 0 Å². The van der Waals surface area contributed by atoms with Crippen LogP contribution in [0.4, 0.5) is 0 Å². The van der Waals surface area contributed by atoms with Crippen LogP contribution in [-0.4, -0.2) is 36.5 Å². The number of methoxy groups -OCH3 is 1. The van der Waals surface area contributed by atoms with Crippen LogP contribution in [0.2, 0.25) is 0 Å². The van der Waals surface area contributed by atoms with Gasteiger partial charge in [-0.05, 0) is 36.3 Å². The zero-order valence-electron chi connectivity index (χ0n) is 15.6. The van der Waals surface area contributed by atoms with Gasteiger partial charge < -0.3 is 14.6 Å². The molecule has 2 aromatic rings. The van der Waals surface area contributed by atoms with Crippen LogP contribution in [0.25, 0.3) is 16.5 Å². The van der Waals surface area contributed by atoms with E-state index in [9.17, 15) is 4.79 Å². The van der Waals surface area contributed by atoms with E-state index in [1.54, 1.807) is 18.9 Å². The maximum atomic E-state index is 11.6. The van der Waals surface area contributed by atoms with E-state index in [-0.39, 0.29) is 12.0 Å². The Morgan fingerprint density at radius 1 is 1.36 bits per heavy atom. The molecule has 4 nitrogen and oxygen atoms in total. The number of hydrogen-bond donors (Lipinski definition) is 1. The number of nitrogens with zero attached hydrogens (tertiary/aromatic N) is 1. The van der Waals surface area contributed by atoms with E-state index in [2.05, 4.69) is 36.7 Å². The fourth-order valence-electron chi connectivity index (χ4n) is 4.25. The van der Waals surface area contributed by atoms with Gasteiger partial charge in [0.25, 0.3) is 0 Å². The molecule has 4 heteroatoms. The van der Waals surface area contributed by atoms with E-state index in [1.807, 2.05) is 13.1 Å². The van der Waals surface area contributed by atoms with E-state index >= 15 is 0 Å². The number of carbonyl (C=O) groups excluding carboxylic acids is 1. The van der Waals surface area contributed by atoms with Crippen molar-refractivity contribution in [3.8, 4) is 0 Å².